The molecule has 2 N–H and O–H groups in total. The fourth-order valence-electron chi connectivity index (χ4n) is 14.0. The molecular weight excluding hydrogens is 1890 g/mol. The minimum atomic E-state index is -3.57. The lowest BCUT2D eigenvalue weighted by atomic mass is 10.0. The minimum absolute atomic E-state index is 0.0113. The first kappa shape index (κ1) is 98.6. The first-order valence-corrected chi connectivity index (χ1v) is 52.1. The number of aryl methyl sites for hydroxylation is 6. The van der Waals surface area contributed by atoms with E-state index < -0.39 is 55.0 Å². The van der Waals surface area contributed by atoms with E-state index in [9.17, 15) is 61.1 Å². The van der Waals surface area contributed by atoms with Gasteiger partial charge in [0.15, 0.2) is 49.2 Å². The van der Waals surface area contributed by atoms with Crippen LogP contribution in [0, 0.1) is 18.6 Å². The highest BCUT2D eigenvalue weighted by Gasteiger charge is 2.24. The van der Waals surface area contributed by atoms with Gasteiger partial charge in [-0.05, 0) is 267 Å². The molecule has 0 radical (unpaired) electrons. The van der Waals surface area contributed by atoms with Crippen LogP contribution in [0.3, 0.4) is 0 Å². The van der Waals surface area contributed by atoms with Crippen molar-refractivity contribution in [3.63, 3.8) is 0 Å². The number of rotatable bonds is 25. The second-order valence-electron chi connectivity index (χ2n) is 30.7. The van der Waals surface area contributed by atoms with Crippen LogP contribution in [-0.2, 0) is 110 Å². The third-order valence-corrected chi connectivity index (χ3v) is 31.6. The first-order valence-electron chi connectivity index (χ1n) is 41.5. The maximum absolute atomic E-state index is 14.0. The van der Waals surface area contributed by atoms with Gasteiger partial charge in [-0.2, -0.15) is 0 Å². The molecule has 664 valence electrons. The number of phenols is 2. The lowest BCUT2D eigenvalue weighted by Crippen LogP contribution is -2.06. The van der Waals surface area contributed by atoms with E-state index in [1.54, 1.807) is 140 Å². The molecule has 0 heterocycles. The van der Waals surface area contributed by atoms with E-state index in [1.807, 2.05) is 174 Å². The van der Waals surface area contributed by atoms with E-state index in [4.69, 9.17) is 23.2 Å². The van der Waals surface area contributed by atoms with Crippen molar-refractivity contribution in [3.8, 4) is 67.1 Å². The van der Waals surface area contributed by atoms with Crippen molar-refractivity contribution >= 4 is 104 Å². The Morgan fingerprint density at radius 3 is 0.961 bits per heavy atom. The van der Waals surface area contributed by atoms with Crippen LogP contribution < -0.4 is 0 Å². The maximum atomic E-state index is 14.0. The molecule has 0 aliphatic rings. The number of hydrogen-bond donors (Lipinski definition) is 2. The van der Waals surface area contributed by atoms with Crippen LogP contribution in [0.4, 0.5) is 8.78 Å². The smallest absolute Gasteiger partial charge is 0.183 e. The molecule has 0 atom stereocenters. The largest absolute Gasteiger partial charge is 0.508 e. The second-order valence-corrected chi connectivity index (χ2v) is 43.3. The fourth-order valence-corrected chi connectivity index (χ4v) is 22.0. The molecule has 0 fully saturated rings. The van der Waals surface area contributed by atoms with E-state index in [2.05, 4.69) is 63.0 Å². The summed E-state index contributed by atoms with van der Waals surface area (Å²) < 4.78 is 156. The van der Waals surface area contributed by atoms with Gasteiger partial charge in [-0.3, -0.25) is 0 Å². The predicted molar refractivity (Wildman–Crippen MR) is 526 cm³/mol. The van der Waals surface area contributed by atoms with Crippen molar-refractivity contribution in [1.29, 1.82) is 0 Å². The Morgan fingerprint density at radius 1 is 0.279 bits per heavy atom. The molecule has 15 aromatic carbocycles. The number of phenolic OH excluding ortho intramolecular Hbond substituents is 2. The molecule has 0 aromatic heterocycles. The van der Waals surface area contributed by atoms with Gasteiger partial charge in [-0.15, -0.1) is 0 Å². The molecule has 0 unspecified atom stereocenters. The van der Waals surface area contributed by atoms with Gasteiger partial charge in [0.1, 0.15) is 23.1 Å². The third kappa shape index (κ3) is 27.8. The van der Waals surface area contributed by atoms with Gasteiger partial charge in [0.2, 0.25) is 0 Å². The van der Waals surface area contributed by atoms with Crippen molar-refractivity contribution in [1.82, 2.24) is 0 Å². The average Bonchev–Trinajstić information content (AvgIpc) is 0.814. The van der Waals surface area contributed by atoms with Gasteiger partial charge >= 0.3 is 0 Å². The molecule has 15 aromatic rings. The Balaban J connectivity index is 0.000000156. The van der Waals surface area contributed by atoms with Crippen LogP contribution in [0.5, 0.6) is 11.5 Å². The summed E-state index contributed by atoms with van der Waals surface area (Å²) in [5, 5.41) is 20.2. The van der Waals surface area contributed by atoms with E-state index >= 15 is 0 Å². The van der Waals surface area contributed by atoms with Crippen LogP contribution in [-0.4, -0.2) is 52.3 Å². The number of halogens is 6. The van der Waals surface area contributed by atoms with E-state index in [0.717, 1.165) is 124 Å². The Labute approximate surface area is 783 Å². The predicted octanol–water partition coefficient (Wildman–Crippen LogP) is 27.3. The van der Waals surface area contributed by atoms with Gasteiger partial charge < -0.3 is 10.2 Å². The maximum Gasteiger partial charge on any atom is 0.183 e. The molecule has 12 nitrogen and oxygen atoms in total. The van der Waals surface area contributed by atoms with Gasteiger partial charge in [0.05, 0.1) is 58.3 Å². The van der Waals surface area contributed by atoms with Gasteiger partial charge in [0, 0.05) is 25.1 Å². The standard InChI is InChI=1S/C22H22O2S.2C21H19BrO3S.2C21H18ClFO2S/c1-3-18-5-4-6-19(15-18)16-25(23,24)22-13-11-21(12-14-22)20-9-7-17(2)8-10-20;1-2-16-13-15(3-12-21(16)23)14-26(24,25)20-10-6-18(7-11-20)17-4-8-19(22)9-5-17;1-2-15-3-12-21(23)18(13-15)14-26(24,25)20-10-6-17(7-11-20)16-4-8-19(22)9-5-16;1-2-15-4-3-5-16(12-15)14-26(24,25)19-9-6-17(7-10-19)20-11-8-18(22)13-21(20)23;1-2-15-4-3-5-16(12-15)14-26(24,25)21-11-8-18(13-20(21)22)17-6-9-19(23)10-7-17/h4-15H,3,16H2,1-2H3;2*3-13,23H,2,14H2,1H3;2*3-13H,2,14H2,1H3. The minimum Gasteiger partial charge on any atom is -0.508 e. The molecule has 23 heteroatoms. The van der Waals surface area contributed by atoms with Crippen molar-refractivity contribution < 1.29 is 61.1 Å². The van der Waals surface area contributed by atoms with Gasteiger partial charge in [0.25, 0.3) is 0 Å². The van der Waals surface area contributed by atoms with E-state index in [-0.39, 0.29) is 65.8 Å². The highest BCUT2D eigenvalue weighted by atomic mass is 79.9. The molecule has 0 aliphatic heterocycles. The van der Waals surface area contributed by atoms with Crippen molar-refractivity contribution in [3.05, 3.63) is 432 Å². The van der Waals surface area contributed by atoms with E-state index in [0.29, 0.717) is 43.5 Å². The molecule has 0 saturated heterocycles. The molecule has 129 heavy (non-hydrogen) atoms. The summed E-state index contributed by atoms with van der Waals surface area (Å²) in [7, 11) is -17.4. The highest BCUT2D eigenvalue weighted by molar-refractivity contribution is 9.10. The highest BCUT2D eigenvalue weighted by Crippen LogP contribution is 2.35. The second kappa shape index (κ2) is 45.1. The summed E-state index contributed by atoms with van der Waals surface area (Å²) in [6.07, 6.45) is 4.05. The fraction of sp³-hybridized carbons (Fsp3) is 0.151. The van der Waals surface area contributed by atoms with Crippen LogP contribution in [0.25, 0.3) is 55.6 Å². The zero-order chi connectivity index (χ0) is 92.8. The Hall–Kier alpha value is -11.0. The molecule has 15 rings (SSSR count). The van der Waals surface area contributed by atoms with Crippen LogP contribution >= 0.6 is 55.1 Å². The zero-order valence-corrected chi connectivity index (χ0v) is 80.5. The molecule has 0 spiro atoms. The summed E-state index contributed by atoms with van der Waals surface area (Å²) in [4.78, 5) is 1.24. The van der Waals surface area contributed by atoms with Gasteiger partial charge in [-0.1, -0.05) is 308 Å². The first-order chi connectivity index (χ1) is 61.5. The lowest BCUT2D eigenvalue weighted by molar-refractivity contribution is 0.468. The average molecular weight is 1990 g/mol. The van der Waals surface area contributed by atoms with Crippen molar-refractivity contribution in [2.24, 2.45) is 0 Å². The molecule has 0 bridgehead atoms. The topological polar surface area (TPSA) is 211 Å². The van der Waals surface area contributed by atoms with Crippen LogP contribution in [0.15, 0.2) is 373 Å². The molecular formula is C106H96Br2Cl2F2O12S5. The summed E-state index contributed by atoms with van der Waals surface area (Å²) in [6.45, 7) is 12.1. The molecule has 0 aliphatic carbocycles. The third-order valence-electron chi connectivity index (χ3n) is 21.3. The monoisotopic (exact) mass is 1990 g/mol. The Morgan fingerprint density at radius 2 is 0.581 bits per heavy atom. The Kier molecular flexibility index (Phi) is 34.5. The zero-order valence-electron chi connectivity index (χ0n) is 71.7. The SMILES string of the molecule is CCc1cc(CS(=O)(=O)c2ccc(-c3ccc(Br)cc3)cc2)ccc1O.CCc1ccc(O)c(CS(=O)(=O)c2ccc(-c3ccc(Br)cc3)cc2)c1.CCc1cccc(CS(=O)(=O)c2ccc(-c3ccc(C)cc3)cc2)c1.CCc1cccc(CS(=O)(=O)c2ccc(-c3ccc(Cl)cc3F)cc2)c1.CCc1cccc(CS(=O)(=O)c2ccc(-c3ccc(F)cc3)cc2Cl)c1. The Bertz CT molecular complexity index is 7000. The number of benzene rings is 15. The lowest BCUT2D eigenvalue weighted by Gasteiger charge is -2.10. The quantitative estimate of drug-likeness (QED) is 0.0547. The number of hydrogen-bond acceptors (Lipinski definition) is 12. The number of sulfone groups is 5. The van der Waals surface area contributed by atoms with Crippen LogP contribution in [0.2, 0.25) is 10.0 Å². The summed E-state index contributed by atoms with van der Waals surface area (Å²) >= 11 is 18.8. The molecule has 0 amide bonds. The van der Waals surface area contributed by atoms with Crippen molar-refractivity contribution in [2.75, 3.05) is 0 Å². The normalized spacial score (nSPS) is 11.5. The van der Waals surface area contributed by atoms with E-state index in [1.165, 1.54) is 42.0 Å². The van der Waals surface area contributed by atoms with Gasteiger partial charge in [-0.25, -0.2) is 50.9 Å². The number of aromatic hydroxyl groups is 2. The summed E-state index contributed by atoms with van der Waals surface area (Å²) in [5.41, 5.74) is 18.3. The summed E-state index contributed by atoms with van der Waals surface area (Å²) in [6, 6.07) is 99.3. The van der Waals surface area contributed by atoms with Crippen molar-refractivity contribution in [2.45, 2.75) is 127 Å². The summed E-state index contributed by atoms with van der Waals surface area (Å²) in [5.74, 6) is -0.985. The van der Waals surface area contributed by atoms with Crippen LogP contribution in [0.1, 0.15) is 95.8 Å². The molecule has 0 saturated carbocycles.